The highest BCUT2D eigenvalue weighted by atomic mass is 16.5. The van der Waals surface area contributed by atoms with Crippen molar-refractivity contribution in [2.45, 2.75) is 78.6 Å². The lowest BCUT2D eigenvalue weighted by Crippen LogP contribution is -2.59. The molecule has 16 aromatic rings. The molecular formula is C91H72BN5O. The molecule has 0 saturated carbocycles. The van der Waals surface area contributed by atoms with Gasteiger partial charge >= 0.3 is 0 Å². The highest BCUT2D eigenvalue weighted by molar-refractivity contribution is 6.99. The number of benzene rings is 13. The van der Waals surface area contributed by atoms with Crippen LogP contribution in [0.15, 0.2) is 273 Å². The standard InChI is InChI=1S/C91H72BN5O/c1-89(2,3)61-41-45-80-73(52-61)72-46-56(55-93)38-43-79(72)94(80)65-53-83-86-85(54-65)98-84-50-59(57-24-12-10-13-25-57)39-42-74(84)92(86)75-49-58(60-47-62(90(4,5)6)51-63(48-60)91(7,8)9)40-44-81(75)97(83)88-71(33-23-37-82(88)96-77-35-20-16-28-66(77)67-29-17-21-36-78(67)96)70-32-22-31-69-68-30-18-19-34-76(68)95(87(69)70)64-26-14-11-15-27-64/h10-54H,1-9H3. The number of nitriles is 1. The highest BCUT2D eigenvalue weighted by Gasteiger charge is 2.44. The average molecular weight is 1260 g/mol. The molecule has 0 unspecified atom stereocenters. The fourth-order valence-electron chi connectivity index (χ4n) is 16.0. The molecule has 2 aliphatic rings. The summed E-state index contributed by atoms with van der Waals surface area (Å²) >= 11 is 0. The van der Waals surface area contributed by atoms with Gasteiger partial charge in [0.05, 0.1) is 61.8 Å². The summed E-state index contributed by atoms with van der Waals surface area (Å²) in [4.78, 5) is 2.62. The van der Waals surface area contributed by atoms with E-state index < -0.39 is 0 Å². The molecule has 0 bridgehead atoms. The van der Waals surface area contributed by atoms with Gasteiger partial charge < -0.3 is 23.3 Å². The molecule has 18 rings (SSSR count). The number of ether oxygens (including phenoxy) is 1. The Bertz CT molecular complexity index is 5970. The first-order chi connectivity index (χ1) is 47.5. The third-order valence-electron chi connectivity index (χ3n) is 20.9. The number of para-hydroxylation sites is 6. The van der Waals surface area contributed by atoms with E-state index in [1.165, 1.54) is 49.3 Å². The van der Waals surface area contributed by atoms with Crippen molar-refractivity contribution in [3.8, 4) is 68.0 Å². The van der Waals surface area contributed by atoms with E-state index in [4.69, 9.17) is 4.74 Å². The van der Waals surface area contributed by atoms with E-state index in [-0.39, 0.29) is 23.0 Å². The van der Waals surface area contributed by atoms with Crippen LogP contribution in [0.3, 0.4) is 0 Å². The minimum absolute atomic E-state index is 0.103. The molecule has 0 saturated heterocycles. The van der Waals surface area contributed by atoms with Gasteiger partial charge in [-0.2, -0.15) is 5.26 Å². The van der Waals surface area contributed by atoms with Gasteiger partial charge in [0, 0.05) is 66.6 Å². The first-order valence-corrected chi connectivity index (χ1v) is 34.3. The van der Waals surface area contributed by atoms with Crippen molar-refractivity contribution in [3.05, 3.63) is 295 Å². The number of nitrogens with zero attached hydrogens (tertiary/aromatic N) is 5. The predicted octanol–water partition coefficient (Wildman–Crippen LogP) is 22.1. The van der Waals surface area contributed by atoms with Crippen LogP contribution in [0.1, 0.15) is 84.6 Å². The lowest BCUT2D eigenvalue weighted by atomic mass is 9.34. The number of hydrogen-bond donors (Lipinski definition) is 0. The van der Waals surface area contributed by atoms with Crippen molar-refractivity contribution in [2.24, 2.45) is 0 Å². The molecule has 7 heteroatoms. The lowest BCUT2D eigenvalue weighted by Gasteiger charge is -2.42. The Morgan fingerprint density at radius 1 is 0.337 bits per heavy atom. The monoisotopic (exact) mass is 1260 g/mol. The van der Waals surface area contributed by atoms with Gasteiger partial charge in [0.2, 0.25) is 0 Å². The van der Waals surface area contributed by atoms with Gasteiger partial charge in [-0.15, -0.1) is 0 Å². The maximum absolute atomic E-state index is 10.6. The molecule has 2 aliphatic heterocycles. The number of hydrogen-bond acceptors (Lipinski definition) is 3. The second kappa shape index (κ2) is 21.7. The molecule has 0 amide bonds. The molecule has 5 heterocycles. The molecule has 0 radical (unpaired) electrons. The molecule has 0 fully saturated rings. The molecule has 98 heavy (non-hydrogen) atoms. The molecule has 0 aliphatic carbocycles. The van der Waals surface area contributed by atoms with E-state index in [9.17, 15) is 5.26 Å². The Labute approximate surface area is 572 Å². The average Bonchev–Trinajstić information content (AvgIpc) is 0.802. The van der Waals surface area contributed by atoms with Crippen LogP contribution < -0.4 is 26.0 Å². The Hall–Kier alpha value is -11.6. The van der Waals surface area contributed by atoms with Crippen LogP contribution in [0.25, 0.3) is 116 Å². The molecule has 0 N–H and O–H groups in total. The van der Waals surface area contributed by atoms with Crippen LogP contribution in [0.4, 0.5) is 17.1 Å². The SMILES string of the molecule is CC(C)(C)c1cc(-c2ccc3c(c2)B2c4ccc(-c5ccccc5)cc4Oc4cc(-n5c6ccc(C#N)cc6c6cc(C(C)(C)C)ccc65)cc(c42)N3c2c(-c3cccc4c5ccccc5n(-c5ccccc5)c34)cccc2-n2c3ccccc3c3ccccc32)cc(C(C)(C)C)c1. The topological polar surface area (TPSA) is 51.1 Å². The zero-order chi connectivity index (χ0) is 66.7. The van der Waals surface area contributed by atoms with E-state index in [2.05, 4.69) is 354 Å². The number of anilines is 3. The molecule has 470 valence electrons. The van der Waals surface area contributed by atoms with E-state index >= 15 is 0 Å². The molecule has 0 spiro atoms. The summed E-state index contributed by atoms with van der Waals surface area (Å²) in [5.41, 5.74) is 26.9. The van der Waals surface area contributed by atoms with Gasteiger partial charge in [-0.25, -0.2) is 0 Å². The first-order valence-electron chi connectivity index (χ1n) is 34.3. The largest absolute Gasteiger partial charge is 0.458 e. The predicted molar refractivity (Wildman–Crippen MR) is 412 cm³/mol. The number of fused-ring (bicyclic) bond motifs is 13. The second-order valence-corrected chi connectivity index (χ2v) is 30.0. The van der Waals surface area contributed by atoms with E-state index in [0.717, 1.165) is 128 Å². The summed E-state index contributed by atoms with van der Waals surface area (Å²) in [5, 5.41) is 17.4. The maximum Gasteiger partial charge on any atom is 0.256 e. The summed E-state index contributed by atoms with van der Waals surface area (Å²) in [6.07, 6.45) is 0. The van der Waals surface area contributed by atoms with Gasteiger partial charge in [-0.1, -0.05) is 244 Å². The minimum Gasteiger partial charge on any atom is -0.458 e. The number of rotatable bonds is 7. The lowest BCUT2D eigenvalue weighted by molar-refractivity contribution is 0.487. The molecule has 13 aromatic carbocycles. The van der Waals surface area contributed by atoms with Crippen LogP contribution in [0, 0.1) is 11.3 Å². The van der Waals surface area contributed by atoms with Gasteiger partial charge in [-0.05, 0) is 157 Å². The maximum atomic E-state index is 10.6. The van der Waals surface area contributed by atoms with Gasteiger partial charge in [-0.3, -0.25) is 0 Å². The van der Waals surface area contributed by atoms with Crippen molar-refractivity contribution in [1.29, 1.82) is 5.26 Å². The Balaban J connectivity index is 1.02. The summed E-state index contributed by atoms with van der Waals surface area (Å²) in [6, 6.07) is 104. The van der Waals surface area contributed by atoms with Crippen molar-refractivity contribution >= 4 is 106 Å². The van der Waals surface area contributed by atoms with Crippen molar-refractivity contribution in [2.75, 3.05) is 4.90 Å². The fourth-order valence-corrected chi connectivity index (χ4v) is 16.0. The molecule has 0 atom stereocenters. The van der Waals surface area contributed by atoms with E-state index in [1.807, 2.05) is 6.07 Å². The zero-order valence-corrected chi connectivity index (χ0v) is 56.7. The Morgan fingerprint density at radius 3 is 1.57 bits per heavy atom. The molecular weight excluding hydrogens is 1190 g/mol. The normalized spacial score (nSPS) is 13.0. The van der Waals surface area contributed by atoms with Crippen molar-refractivity contribution < 1.29 is 4.74 Å². The third kappa shape index (κ3) is 9.15. The third-order valence-corrected chi connectivity index (χ3v) is 20.9. The van der Waals surface area contributed by atoms with Crippen LogP contribution in [-0.2, 0) is 16.2 Å². The molecule has 3 aromatic heterocycles. The summed E-state index contributed by atoms with van der Waals surface area (Å²) in [7, 11) is 0. The van der Waals surface area contributed by atoms with Crippen LogP contribution in [-0.4, -0.2) is 20.4 Å². The zero-order valence-electron chi connectivity index (χ0n) is 56.7. The minimum atomic E-state index is -0.278. The smallest absolute Gasteiger partial charge is 0.256 e. The van der Waals surface area contributed by atoms with Crippen molar-refractivity contribution in [3.63, 3.8) is 0 Å². The van der Waals surface area contributed by atoms with Crippen LogP contribution in [0.2, 0.25) is 0 Å². The fraction of sp³-hybridized carbons (Fsp3) is 0.132. The van der Waals surface area contributed by atoms with Gasteiger partial charge in [0.25, 0.3) is 6.71 Å². The summed E-state index contributed by atoms with van der Waals surface area (Å²) in [6.45, 7) is 20.5. The van der Waals surface area contributed by atoms with Gasteiger partial charge in [0.1, 0.15) is 11.5 Å². The van der Waals surface area contributed by atoms with Crippen LogP contribution >= 0.6 is 0 Å². The molecule has 6 nitrogen and oxygen atoms in total. The Kier molecular flexibility index (Phi) is 13.1. The quantitative estimate of drug-likeness (QED) is 0.149. The summed E-state index contributed by atoms with van der Waals surface area (Å²) < 4.78 is 15.2. The van der Waals surface area contributed by atoms with E-state index in [1.54, 1.807) is 0 Å². The Morgan fingerprint density at radius 2 is 0.898 bits per heavy atom. The van der Waals surface area contributed by atoms with E-state index in [0.29, 0.717) is 5.56 Å². The van der Waals surface area contributed by atoms with Crippen molar-refractivity contribution in [1.82, 2.24) is 13.7 Å². The second-order valence-electron chi connectivity index (χ2n) is 30.0. The van der Waals surface area contributed by atoms with Crippen LogP contribution in [0.5, 0.6) is 11.5 Å². The highest BCUT2D eigenvalue weighted by Crippen LogP contribution is 2.53. The first kappa shape index (κ1) is 59.0. The van der Waals surface area contributed by atoms with Gasteiger partial charge in [0.15, 0.2) is 0 Å². The summed E-state index contributed by atoms with van der Waals surface area (Å²) in [5.74, 6) is 1.60. The number of aromatic nitrogens is 3.